The van der Waals surface area contributed by atoms with Crippen LogP contribution in [0.2, 0.25) is 0 Å². The van der Waals surface area contributed by atoms with Crippen molar-refractivity contribution in [3.05, 3.63) is 28.7 Å². The van der Waals surface area contributed by atoms with Gasteiger partial charge in [0.05, 0.1) is 10.4 Å². The highest BCUT2D eigenvalue weighted by atomic mass is 32.2. The summed E-state index contributed by atoms with van der Waals surface area (Å²) < 4.78 is 33.7. The van der Waals surface area contributed by atoms with Crippen molar-refractivity contribution in [2.24, 2.45) is 13.0 Å². The Bertz CT molecular complexity index is 1030. The Hall–Kier alpha value is -2.13. The van der Waals surface area contributed by atoms with Gasteiger partial charge in [0.1, 0.15) is 0 Å². The average molecular weight is 393 g/mol. The monoisotopic (exact) mass is 393 g/mol. The average Bonchev–Trinajstić information content (AvgIpc) is 3.40. The third kappa shape index (κ3) is 3.66. The molecule has 2 aromatic rings. The van der Waals surface area contributed by atoms with Crippen LogP contribution >= 0.6 is 0 Å². The van der Waals surface area contributed by atoms with Gasteiger partial charge in [-0.1, -0.05) is 0 Å². The summed E-state index contributed by atoms with van der Waals surface area (Å²) in [6, 6.07) is 4.84. The molecule has 1 saturated heterocycles. The van der Waals surface area contributed by atoms with Crippen molar-refractivity contribution < 1.29 is 17.6 Å². The lowest BCUT2D eigenvalue weighted by molar-refractivity contribution is -0.122. The highest BCUT2D eigenvalue weighted by Crippen LogP contribution is 2.27. The number of aromatic nitrogens is 1. The summed E-state index contributed by atoms with van der Waals surface area (Å²) in [5, 5.41) is 2.98. The van der Waals surface area contributed by atoms with Gasteiger partial charge >= 0.3 is 5.76 Å². The zero-order chi connectivity index (χ0) is 19.2. The first-order chi connectivity index (χ1) is 12.8. The summed E-state index contributed by atoms with van der Waals surface area (Å²) in [6.45, 7) is 0.779. The number of sulfonamides is 1. The molecule has 1 amide bonds. The summed E-state index contributed by atoms with van der Waals surface area (Å²) >= 11 is 0. The van der Waals surface area contributed by atoms with Crippen molar-refractivity contribution in [2.75, 3.05) is 13.1 Å². The molecule has 1 aliphatic heterocycles. The number of piperidine rings is 1. The summed E-state index contributed by atoms with van der Waals surface area (Å²) in [7, 11) is -2.08. The Morgan fingerprint density at radius 1 is 1.22 bits per heavy atom. The van der Waals surface area contributed by atoms with Crippen LogP contribution in [0.5, 0.6) is 0 Å². The number of aryl methyl sites for hydroxylation is 1. The molecule has 27 heavy (non-hydrogen) atoms. The van der Waals surface area contributed by atoms with Gasteiger partial charge in [-0.15, -0.1) is 0 Å². The van der Waals surface area contributed by atoms with E-state index in [-0.39, 0.29) is 22.3 Å². The van der Waals surface area contributed by atoms with Gasteiger partial charge in [0.2, 0.25) is 15.9 Å². The predicted octanol–water partition coefficient (Wildman–Crippen LogP) is 1.20. The Labute approximate surface area is 157 Å². The van der Waals surface area contributed by atoms with E-state index in [0.29, 0.717) is 43.9 Å². The van der Waals surface area contributed by atoms with Gasteiger partial charge in [0.25, 0.3) is 0 Å². The van der Waals surface area contributed by atoms with Crippen LogP contribution in [0.1, 0.15) is 32.1 Å². The smallest absolute Gasteiger partial charge is 0.408 e. The molecule has 0 spiro atoms. The molecule has 9 heteroatoms. The molecule has 146 valence electrons. The highest BCUT2D eigenvalue weighted by molar-refractivity contribution is 7.89. The van der Waals surface area contributed by atoms with E-state index < -0.39 is 15.8 Å². The lowest BCUT2D eigenvalue weighted by atomic mass is 9.94. The number of nitrogens with zero attached hydrogens (tertiary/aromatic N) is 2. The molecular weight excluding hydrogens is 370 g/mol. The molecule has 0 unspecified atom stereocenters. The van der Waals surface area contributed by atoms with Crippen LogP contribution in [-0.2, 0) is 21.9 Å². The van der Waals surface area contributed by atoms with Crippen molar-refractivity contribution in [3.8, 4) is 0 Å². The fraction of sp³-hybridized carbons (Fsp3) is 0.556. The van der Waals surface area contributed by atoms with Crippen molar-refractivity contribution >= 4 is 27.0 Å². The fourth-order valence-electron chi connectivity index (χ4n) is 3.55. The number of carbonyl (C=O) groups excluding carboxylic acids is 1. The highest BCUT2D eigenvalue weighted by Gasteiger charge is 2.31. The normalized spacial score (nSPS) is 19.4. The van der Waals surface area contributed by atoms with Gasteiger partial charge in [0, 0.05) is 38.7 Å². The quantitative estimate of drug-likeness (QED) is 0.822. The molecule has 2 heterocycles. The van der Waals surface area contributed by atoms with Crippen molar-refractivity contribution in [2.45, 2.75) is 43.0 Å². The van der Waals surface area contributed by atoms with Crippen LogP contribution in [0.15, 0.2) is 32.3 Å². The van der Waals surface area contributed by atoms with Crippen molar-refractivity contribution in [1.82, 2.24) is 14.2 Å². The molecule has 1 N–H and O–H groups in total. The van der Waals surface area contributed by atoms with E-state index in [4.69, 9.17) is 4.42 Å². The van der Waals surface area contributed by atoms with E-state index in [2.05, 4.69) is 5.32 Å². The minimum absolute atomic E-state index is 0.0726. The summed E-state index contributed by atoms with van der Waals surface area (Å²) in [5.41, 5.74) is 0.814. The zero-order valence-electron chi connectivity index (χ0n) is 15.2. The number of benzene rings is 1. The Morgan fingerprint density at radius 3 is 2.59 bits per heavy atom. The lowest BCUT2D eigenvalue weighted by Gasteiger charge is -2.31. The SMILES string of the molecule is Cn1c(=O)oc2cc(S(=O)(=O)N3CCC(CC(=O)NC4CC4)CC3)ccc21. The molecule has 0 radical (unpaired) electrons. The van der Waals surface area contributed by atoms with Gasteiger partial charge in [-0.25, -0.2) is 13.2 Å². The molecule has 0 atom stereocenters. The number of amides is 1. The molecule has 1 aliphatic carbocycles. The summed E-state index contributed by atoms with van der Waals surface area (Å²) in [6.07, 6.45) is 3.92. The Kier molecular flexibility index (Phi) is 4.59. The Morgan fingerprint density at radius 2 is 1.93 bits per heavy atom. The van der Waals surface area contributed by atoms with E-state index in [0.717, 1.165) is 12.8 Å². The molecule has 2 aliphatic rings. The third-order valence-corrected chi connectivity index (χ3v) is 7.29. The number of nitrogens with one attached hydrogen (secondary N) is 1. The van der Waals surface area contributed by atoms with Gasteiger partial charge in [-0.05, 0) is 43.7 Å². The van der Waals surface area contributed by atoms with E-state index in [1.807, 2.05) is 0 Å². The minimum Gasteiger partial charge on any atom is -0.408 e. The molecule has 4 rings (SSSR count). The molecular formula is C18H23N3O5S. The first kappa shape index (κ1) is 18.2. The second-order valence-corrected chi connectivity index (χ2v) is 9.39. The molecule has 2 fully saturated rings. The van der Waals surface area contributed by atoms with Crippen LogP contribution in [0, 0.1) is 5.92 Å². The van der Waals surface area contributed by atoms with Crippen LogP contribution in [0.4, 0.5) is 0 Å². The third-order valence-electron chi connectivity index (χ3n) is 5.39. The van der Waals surface area contributed by atoms with Crippen LogP contribution in [0.3, 0.4) is 0 Å². The largest absolute Gasteiger partial charge is 0.419 e. The molecule has 8 nitrogen and oxygen atoms in total. The molecule has 1 aromatic carbocycles. The van der Waals surface area contributed by atoms with Crippen molar-refractivity contribution in [3.63, 3.8) is 0 Å². The minimum atomic E-state index is -3.66. The van der Waals surface area contributed by atoms with Crippen LogP contribution in [0.25, 0.3) is 11.1 Å². The van der Waals surface area contributed by atoms with Crippen LogP contribution < -0.4 is 11.1 Å². The van der Waals surface area contributed by atoms with E-state index in [1.54, 1.807) is 13.1 Å². The van der Waals surface area contributed by atoms with Gasteiger partial charge in [0.15, 0.2) is 5.58 Å². The number of oxazole rings is 1. The first-order valence-corrected chi connectivity index (χ1v) is 10.7. The second-order valence-electron chi connectivity index (χ2n) is 7.45. The van der Waals surface area contributed by atoms with Gasteiger partial charge in [-0.3, -0.25) is 9.36 Å². The van der Waals surface area contributed by atoms with Crippen LogP contribution in [-0.4, -0.2) is 42.3 Å². The molecule has 1 saturated carbocycles. The number of hydrogen-bond acceptors (Lipinski definition) is 5. The fourth-order valence-corrected chi connectivity index (χ4v) is 5.04. The summed E-state index contributed by atoms with van der Waals surface area (Å²) in [4.78, 5) is 23.7. The zero-order valence-corrected chi connectivity index (χ0v) is 16.0. The van der Waals surface area contributed by atoms with Gasteiger partial charge in [-0.2, -0.15) is 4.31 Å². The van der Waals surface area contributed by atoms with Gasteiger partial charge < -0.3 is 9.73 Å². The maximum Gasteiger partial charge on any atom is 0.419 e. The molecule has 1 aromatic heterocycles. The number of fused-ring (bicyclic) bond motifs is 1. The Balaban J connectivity index is 1.43. The van der Waals surface area contributed by atoms with E-state index >= 15 is 0 Å². The lowest BCUT2D eigenvalue weighted by Crippen LogP contribution is -2.39. The standard InChI is InChI=1S/C18H23N3O5S/c1-20-15-5-4-14(11-16(15)26-18(20)23)27(24,25)21-8-6-12(7-9-21)10-17(22)19-13-2-3-13/h4-5,11-13H,2-3,6-10H2,1H3,(H,19,22). The first-order valence-electron chi connectivity index (χ1n) is 9.23. The van der Waals surface area contributed by atoms with E-state index in [1.165, 1.54) is 21.0 Å². The maximum absolute atomic E-state index is 12.9. The van der Waals surface area contributed by atoms with E-state index in [9.17, 15) is 18.0 Å². The topological polar surface area (TPSA) is 102 Å². The summed E-state index contributed by atoms with van der Waals surface area (Å²) in [5.74, 6) is -0.238. The van der Waals surface area contributed by atoms with Crippen molar-refractivity contribution in [1.29, 1.82) is 0 Å². The maximum atomic E-state index is 12.9. The number of rotatable bonds is 5. The molecule has 0 bridgehead atoms. The predicted molar refractivity (Wildman–Crippen MR) is 98.7 cm³/mol. The number of carbonyl (C=O) groups is 1. The second kappa shape index (κ2) is 6.79. The number of hydrogen-bond donors (Lipinski definition) is 1.